The molecule has 2 aliphatic heterocycles. The smallest absolute Gasteiger partial charge is 0.227 e. The van der Waals surface area contributed by atoms with Crippen LogP contribution in [0.1, 0.15) is 18.2 Å². The molecule has 3 heterocycles. The predicted molar refractivity (Wildman–Crippen MR) is 129 cm³/mol. The number of fused-ring (bicyclic) bond motifs is 1. The summed E-state index contributed by atoms with van der Waals surface area (Å²) in [7, 11) is 0. The molecule has 6 nitrogen and oxygen atoms in total. The number of hydrogen-bond acceptors (Lipinski definition) is 4. The van der Waals surface area contributed by atoms with Crippen LogP contribution in [0.2, 0.25) is 0 Å². The number of nitrogens with one attached hydrogen (secondary N) is 1. The van der Waals surface area contributed by atoms with E-state index in [0.717, 1.165) is 60.8 Å². The Morgan fingerprint density at radius 3 is 2.32 bits per heavy atom. The van der Waals surface area contributed by atoms with E-state index in [9.17, 15) is 0 Å². The molecule has 8 heteroatoms. The second-order valence-corrected chi connectivity index (χ2v) is 11.7. The van der Waals surface area contributed by atoms with Crippen LogP contribution in [0.15, 0.2) is 65.7 Å². The van der Waals surface area contributed by atoms with E-state index in [0.29, 0.717) is 5.90 Å². The van der Waals surface area contributed by atoms with Crippen LogP contribution in [0.5, 0.6) is 0 Å². The van der Waals surface area contributed by atoms with E-state index in [4.69, 9.17) is 26.4 Å². The van der Waals surface area contributed by atoms with Gasteiger partial charge in [-0.1, -0.05) is 36.4 Å². The van der Waals surface area contributed by atoms with Crippen molar-refractivity contribution in [2.45, 2.75) is 13.8 Å². The lowest BCUT2D eigenvalue weighted by Crippen LogP contribution is -3.14. The van der Waals surface area contributed by atoms with Gasteiger partial charge in [-0.25, -0.2) is 9.35 Å². The van der Waals surface area contributed by atoms with Crippen LogP contribution in [0.4, 0.5) is 5.82 Å². The molecule has 2 aromatic carbocycles. The third-order valence-electron chi connectivity index (χ3n) is 6.05. The van der Waals surface area contributed by atoms with E-state index >= 15 is 0 Å². The fourth-order valence-electron chi connectivity index (χ4n) is 4.29. The molecule has 0 bridgehead atoms. The first kappa shape index (κ1) is 20.6. The molecule has 0 saturated carbocycles. The maximum absolute atomic E-state index is 6.66. The highest BCUT2D eigenvalue weighted by Gasteiger charge is 2.43. The van der Waals surface area contributed by atoms with Crippen molar-refractivity contribution in [2.75, 3.05) is 32.7 Å². The van der Waals surface area contributed by atoms with E-state index in [1.165, 1.54) is 0 Å². The number of para-hydroxylation sites is 1. The van der Waals surface area contributed by atoms with Crippen molar-refractivity contribution in [3.8, 4) is 5.69 Å². The highest BCUT2D eigenvalue weighted by molar-refractivity contribution is 8.15. The van der Waals surface area contributed by atoms with Crippen LogP contribution in [0.3, 0.4) is 0 Å². The average Bonchev–Trinajstić information content (AvgIpc) is 3.17. The first-order valence-corrected chi connectivity index (χ1v) is 13.5. The van der Waals surface area contributed by atoms with Crippen molar-refractivity contribution < 1.29 is 9.42 Å². The van der Waals surface area contributed by atoms with Gasteiger partial charge in [-0.15, -0.1) is 0 Å². The second-order valence-electron chi connectivity index (χ2n) is 7.96. The molecule has 0 unspecified atom stereocenters. The quantitative estimate of drug-likeness (QED) is 0.618. The van der Waals surface area contributed by atoms with Crippen LogP contribution in [0.25, 0.3) is 5.69 Å². The van der Waals surface area contributed by atoms with Gasteiger partial charge in [0.1, 0.15) is 5.30 Å². The number of likely N-dealkylation sites (N-methyl/N-ethyl adjacent to an activating group) is 1. The SMILES string of the molecule is CC[NH+]1CCN([P@]2(=S)OC(c3ccccc3)=Nc3c2c(C)nn3-c2ccccc2)CC1. The molecule has 0 spiro atoms. The Balaban J connectivity index is 1.66. The minimum absolute atomic E-state index is 0.596. The minimum Gasteiger partial charge on any atom is -0.431 e. The van der Waals surface area contributed by atoms with Crippen LogP contribution in [-0.4, -0.2) is 53.1 Å². The number of aliphatic imine (C=N–C) groups is 1. The van der Waals surface area contributed by atoms with Gasteiger partial charge in [0.25, 0.3) is 0 Å². The summed E-state index contributed by atoms with van der Waals surface area (Å²) in [5, 5.41) is 5.86. The largest absolute Gasteiger partial charge is 0.431 e. The molecule has 1 N–H and O–H groups in total. The van der Waals surface area contributed by atoms with Gasteiger partial charge < -0.3 is 9.42 Å². The number of aromatic nitrogens is 2. The Kier molecular flexibility index (Phi) is 5.52. The normalized spacial score (nSPS) is 21.9. The van der Waals surface area contributed by atoms with Gasteiger partial charge in [0.05, 0.1) is 44.1 Å². The molecule has 0 radical (unpaired) electrons. The van der Waals surface area contributed by atoms with Gasteiger partial charge in [0, 0.05) is 5.56 Å². The fraction of sp³-hybridized carbons (Fsp3) is 0.304. The zero-order chi connectivity index (χ0) is 21.4. The first-order valence-electron chi connectivity index (χ1n) is 10.8. The zero-order valence-electron chi connectivity index (χ0n) is 17.9. The standard InChI is InChI=1S/C23H26N5OPS/c1-3-26-14-16-27(17-15-26)30(31)21-18(2)25-28(20-12-8-5-9-13-20)22(21)24-23(29-30)19-10-6-4-7-11-19/h4-13H,3,14-17H2,1-2H3/p+1/t30-/m0/s1. The van der Waals surface area contributed by atoms with Gasteiger partial charge in [-0.2, -0.15) is 10.1 Å². The summed E-state index contributed by atoms with van der Waals surface area (Å²) in [5.74, 6) is 1.40. The Hall–Kier alpha value is -2.31. The molecular formula is C23H27N5OPS+. The van der Waals surface area contributed by atoms with Crippen LogP contribution >= 0.6 is 6.42 Å². The van der Waals surface area contributed by atoms with Gasteiger partial charge in [0.15, 0.2) is 5.82 Å². The van der Waals surface area contributed by atoms with Crippen molar-refractivity contribution in [3.63, 3.8) is 0 Å². The number of rotatable bonds is 4. The highest BCUT2D eigenvalue weighted by atomic mass is 32.4. The Morgan fingerprint density at radius 1 is 1.03 bits per heavy atom. The summed E-state index contributed by atoms with van der Waals surface area (Å²) < 4.78 is 11.0. The number of nitrogens with zero attached hydrogens (tertiary/aromatic N) is 4. The first-order chi connectivity index (χ1) is 15.1. The van der Waals surface area contributed by atoms with Crippen molar-refractivity contribution in [3.05, 3.63) is 71.9 Å². The third kappa shape index (κ3) is 3.66. The molecule has 3 aromatic rings. The van der Waals surface area contributed by atoms with E-state index in [-0.39, 0.29) is 0 Å². The van der Waals surface area contributed by atoms with E-state index in [2.05, 4.69) is 11.6 Å². The van der Waals surface area contributed by atoms with Crippen molar-refractivity contribution in [1.82, 2.24) is 14.5 Å². The Morgan fingerprint density at radius 2 is 1.68 bits per heavy atom. The van der Waals surface area contributed by atoms with Crippen molar-refractivity contribution in [2.24, 2.45) is 4.99 Å². The lowest BCUT2D eigenvalue weighted by Gasteiger charge is -2.40. The molecule has 0 amide bonds. The topological polar surface area (TPSA) is 47.1 Å². The average molecular weight is 453 g/mol. The van der Waals surface area contributed by atoms with Crippen molar-refractivity contribution in [1.29, 1.82) is 0 Å². The third-order valence-corrected chi connectivity index (χ3v) is 10.2. The summed E-state index contributed by atoms with van der Waals surface area (Å²) in [6.45, 7) is 9.43. The Labute approximate surface area is 188 Å². The van der Waals surface area contributed by atoms with Gasteiger partial charge >= 0.3 is 0 Å². The zero-order valence-corrected chi connectivity index (χ0v) is 19.6. The summed E-state index contributed by atoms with van der Waals surface area (Å²) >= 11 is 6.40. The monoisotopic (exact) mass is 452 g/mol. The summed E-state index contributed by atoms with van der Waals surface area (Å²) in [5.41, 5.74) is 2.83. The van der Waals surface area contributed by atoms with Crippen molar-refractivity contribution >= 4 is 35.2 Å². The maximum atomic E-state index is 6.66. The summed E-state index contributed by atoms with van der Waals surface area (Å²) in [4.78, 5) is 6.57. The molecule has 31 heavy (non-hydrogen) atoms. The summed E-state index contributed by atoms with van der Waals surface area (Å²) in [6.07, 6.45) is -2.54. The molecule has 160 valence electrons. The van der Waals surface area contributed by atoms with Crippen LogP contribution in [0, 0.1) is 6.92 Å². The second kappa shape index (κ2) is 8.32. The summed E-state index contributed by atoms with van der Waals surface area (Å²) in [6, 6.07) is 20.2. The van der Waals surface area contributed by atoms with Gasteiger partial charge in [-0.3, -0.25) is 0 Å². The lowest BCUT2D eigenvalue weighted by molar-refractivity contribution is -0.901. The number of hydrogen-bond donors (Lipinski definition) is 1. The number of benzene rings is 2. The molecule has 1 saturated heterocycles. The number of aryl methyl sites for hydroxylation is 1. The molecule has 2 aliphatic rings. The molecule has 1 fully saturated rings. The van der Waals surface area contributed by atoms with E-state index in [1.807, 2.05) is 72.3 Å². The number of quaternary nitrogens is 1. The maximum Gasteiger partial charge on any atom is 0.227 e. The van der Waals surface area contributed by atoms with Gasteiger partial charge in [-0.05, 0) is 49.9 Å². The molecule has 0 aliphatic carbocycles. The van der Waals surface area contributed by atoms with Crippen LogP contribution in [-0.2, 0) is 16.3 Å². The Bertz CT molecular complexity index is 1150. The van der Waals surface area contributed by atoms with E-state index < -0.39 is 6.42 Å². The minimum atomic E-state index is -2.54. The van der Waals surface area contributed by atoms with E-state index in [1.54, 1.807) is 4.90 Å². The number of piperazine rings is 1. The molecule has 1 aromatic heterocycles. The lowest BCUT2D eigenvalue weighted by atomic mass is 10.2. The molecule has 1 atom stereocenters. The van der Waals surface area contributed by atoms with Crippen LogP contribution < -0.4 is 10.2 Å². The molecule has 5 rings (SSSR count). The fourth-order valence-corrected chi connectivity index (χ4v) is 8.08. The molecular weight excluding hydrogens is 425 g/mol. The highest BCUT2D eigenvalue weighted by Crippen LogP contribution is 2.56. The van der Waals surface area contributed by atoms with Gasteiger partial charge in [0.2, 0.25) is 12.3 Å². The predicted octanol–water partition coefficient (Wildman–Crippen LogP) is 2.44.